The number of aromatic nitrogens is 3. The van der Waals surface area contributed by atoms with Crippen LogP contribution in [0.4, 0.5) is 0 Å². The van der Waals surface area contributed by atoms with Gasteiger partial charge < -0.3 is 14.0 Å². The van der Waals surface area contributed by atoms with Gasteiger partial charge in [-0.2, -0.15) is 0 Å². The summed E-state index contributed by atoms with van der Waals surface area (Å²) in [6.07, 6.45) is 4.69. The van der Waals surface area contributed by atoms with Crippen molar-refractivity contribution in [3.8, 4) is 23.2 Å². The molecule has 1 saturated heterocycles. The second-order valence-electron chi connectivity index (χ2n) is 6.77. The summed E-state index contributed by atoms with van der Waals surface area (Å²) in [5.41, 5.74) is 2.94. The molecule has 1 aromatic carbocycles. The summed E-state index contributed by atoms with van der Waals surface area (Å²) in [5, 5.41) is 4.19. The SMILES string of the molecule is CCc1nccn1Cc1cc(-c2ccc(C#CC3CN(C)C3)cc2)on1. The molecular weight excluding hydrogens is 324 g/mol. The van der Waals surface area contributed by atoms with E-state index in [2.05, 4.69) is 45.4 Å². The minimum absolute atomic E-state index is 0.507. The fraction of sp³-hybridized carbons (Fsp3) is 0.333. The van der Waals surface area contributed by atoms with Gasteiger partial charge in [0.1, 0.15) is 11.5 Å². The lowest BCUT2D eigenvalue weighted by atomic mass is 10.0. The number of hydrogen-bond acceptors (Lipinski definition) is 4. The first-order valence-electron chi connectivity index (χ1n) is 8.97. The highest BCUT2D eigenvalue weighted by molar-refractivity contribution is 5.59. The van der Waals surface area contributed by atoms with Crippen LogP contribution in [0.5, 0.6) is 0 Å². The van der Waals surface area contributed by atoms with E-state index in [9.17, 15) is 0 Å². The maximum atomic E-state index is 5.52. The molecule has 0 atom stereocenters. The van der Waals surface area contributed by atoms with Crippen LogP contribution in [0.25, 0.3) is 11.3 Å². The van der Waals surface area contributed by atoms with Crippen molar-refractivity contribution >= 4 is 0 Å². The highest BCUT2D eigenvalue weighted by Gasteiger charge is 2.20. The number of hydrogen-bond donors (Lipinski definition) is 0. The van der Waals surface area contributed by atoms with Crippen molar-refractivity contribution in [1.82, 2.24) is 19.6 Å². The maximum Gasteiger partial charge on any atom is 0.167 e. The third-order valence-electron chi connectivity index (χ3n) is 4.66. The van der Waals surface area contributed by atoms with E-state index >= 15 is 0 Å². The van der Waals surface area contributed by atoms with E-state index in [-0.39, 0.29) is 0 Å². The van der Waals surface area contributed by atoms with E-state index in [0.717, 1.165) is 47.9 Å². The Morgan fingerprint density at radius 1 is 1.23 bits per heavy atom. The van der Waals surface area contributed by atoms with Gasteiger partial charge in [-0.25, -0.2) is 4.98 Å². The van der Waals surface area contributed by atoms with E-state index in [4.69, 9.17) is 4.52 Å². The fourth-order valence-electron chi connectivity index (χ4n) is 3.19. The van der Waals surface area contributed by atoms with Gasteiger partial charge in [-0.15, -0.1) is 0 Å². The van der Waals surface area contributed by atoms with E-state index < -0.39 is 0 Å². The Balaban J connectivity index is 1.44. The largest absolute Gasteiger partial charge is 0.356 e. The van der Waals surface area contributed by atoms with Crippen LogP contribution in [0.15, 0.2) is 47.2 Å². The number of rotatable bonds is 4. The molecule has 1 aliphatic heterocycles. The molecule has 2 aromatic heterocycles. The van der Waals surface area contributed by atoms with Gasteiger partial charge in [-0.05, 0) is 31.3 Å². The van der Waals surface area contributed by atoms with Gasteiger partial charge in [0.25, 0.3) is 0 Å². The first-order valence-corrected chi connectivity index (χ1v) is 8.97. The van der Waals surface area contributed by atoms with Crippen molar-refractivity contribution in [2.45, 2.75) is 19.9 Å². The van der Waals surface area contributed by atoms with E-state index in [1.54, 1.807) is 0 Å². The molecule has 0 spiro atoms. The fourth-order valence-corrected chi connectivity index (χ4v) is 3.19. The van der Waals surface area contributed by atoms with Gasteiger partial charge in [0.2, 0.25) is 0 Å². The lowest BCUT2D eigenvalue weighted by Crippen LogP contribution is -2.42. The number of likely N-dealkylation sites (tertiary alicyclic amines) is 1. The van der Waals surface area contributed by atoms with Gasteiger partial charge >= 0.3 is 0 Å². The van der Waals surface area contributed by atoms with Crippen LogP contribution < -0.4 is 0 Å². The molecule has 0 N–H and O–H groups in total. The van der Waals surface area contributed by atoms with Crippen LogP contribution in [-0.4, -0.2) is 39.7 Å². The monoisotopic (exact) mass is 346 g/mol. The summed E-state index contributed by atoms with van der Waals surface area (Å²) in [5.74, 6) is 8.92. The summed E-state index contributed by atoms with van der Waals surface area (Å²) < 4.78 is 7.62. The topological polar surface area (TPSA) is 47.1 Å². The number of imidazole rings is 1. The van der Waals surface area contributed by atoms with Crippen LogP contribution in [0.1, 0.15) is 24.0 Å². The number of aryl methyl sites for hydroxylation is 1. The summed E-state index contributed by atoms with van der Waals surface area (Å²) in [7, 11) is 2.12. The molecule has 0 radical (unpaired) electrons. The first kappa shape index (κ1) is 16.6. The summed E-state index contributed by atoms with van der Waals surface area (Å²) >= 11 is 0. The average molecular weight is 346 g/mol. The van der Waals surface area contributed by atoms with Gasteiger partial charge in [0.15, 0.2) is 5.76 Å². The highest BCUT2D eigenvalue weighted by atomic mass is 16.5. The molecule has 0 aliphatic carbocycles. The Kier molecular flexibility index (Phi) is 4.59. The van der Waals surface area contributed by atoms with Crippen LogP contribution >= 0.6 is 0 Å². The lowest BCUT2D eigenvalue weighted by Gasteiger charge is -2.32. The van der Waals surface area contributed by atoms with E-state index in [1.165, 1.54) is 0 Å². The first-order chi connectivity index (χ1) is 12.7. The molecule has 3 aromatic rings. The average Bonchev–Trinajstić information content (AvgIpc) is 3.28. The van der Waals surface area contributed by atoms with E-state index in [1.807, 2.05) is 42.7 Å². The van der Waals surface area contributed by atoms with Gasteiger partial charge in [-0.1, -0.05) is 23.9 Å². The maximum absolute atomic E-state index is 5.52. The predicted octanol–water partition coefficient (Wildman–Crippen LogP) is 3.06. The Bertz CT molecular complexity index is 936. The van der Waals surface area contributed by atoms with Crippen molar-refractivity contribution < 1.29 is 4.52 Å². The molecule has 0 amide bonds. The molecule has 0 saturated carbocycles. The Morgan fingerprint density at radius 2 is 2.04 bits per heavy atom. The third kappa shape index (κ3) is 3.56. The molecule has 0 bridgehead atoms. The molecule has 0 unspecified atom stereocenters. The second kappa shape index (κ2) is 7.19. The van der Waals surface area contributed by atoms with Crippen molar-refractivity contribution in [3.63, 3.8) is 0 Å². The zero-order valence-electron chi connectivity index (χ0n) is 15.1. The summed E-state index contributed by atoms with van der Waals surface area (Å²) in [4.78, 5) is 6.61. The molecule has 5 nitrogen and oxygen atoms in total. The van der Waals surface area contributed by atoms with Gasteiger partial charge in [-0.3, -0.25) is 0 Å². The van der Waals surface area contributed by atoms with Crippen molar-refractivity contribution in [1.29, 1.82) is 0 Å². The normalized spacial score (nSPS) is 14.7. The lowest BCUT2D eigenvalue weighted by molar-refractivity contribution is 0.177. The quantitative estimate of drug-likeness (QED) is 0.681. The Morgan fingerprint density at radius 3 is 2.77 bits per heavy atom. The van der Waals surface area contributed by atoms with Gasteiger partial charge in [0, 0.05) is 55.0 Å². The second-order valence-corrected chi connectivity index (χ2v) is 6.77. The summed E-state index contributed by atoms with van der Waals surface area (Å²) in [6, 6.07) is 10.1. The Hall–Kier alpha value is -2.84. The molecule has 4 rings (SSSR count). The zero-order chi connectivity index (χ0) is 17.9. The predicted molar refractivity (Wildman–Crippen MR) is 101 cm³/mol. The molecule has 26 heavy (non-hydrogen) atoms. The molecule has 1 fully saturated rings. The van der Waals surface area contributed by atoms with Crippen molar-refractivity contribution in [3.05, 3.63) is 59.8 Å². The van der Waals surface area contributed by atoms with Gasteiger partial charge in [0.05, 0.1) is 6.54 Å². The van der Waals surface area contributed by atoms with Crippen LogP contribution in [0.3, 0.4) is 0 Å². The summed E-state index contributed by atoms with van der Waals surface area (Å²) in [6.45, 7) is 4.91. The third-order valence-corrected chi connectivity index (χ3v) is 4.66. The highest BCUT2D eigenvalue weighted by Crippen LogP contribution is 2.21. The minimum atomic E-state index is 0.507. The Labute approximate surface area is 153 Å². The van der Waals surface area contributed by atoms with Crippen LogP contribution in [0.2, 0.25) is 0 Å². The molecule has 3 heterocycles. The van der Waals surface area contributed by atoms with Crippen LogP contribution in [-0.2, 0) is 13.0 Å². The molecule has 132 valence electrons. The molecule has 5 heteroatoms. The molecular formula is C21H22N4O. The standard InChI is InChI=1S/C21H22N4O/c1-3-21-22-10-11-25(21)15-19-12-20(26-23-19)18-8-6-16(7-9-18)4-5-17-13-24(2)14-17/h6-12,17H,3,13-15H2,1-2H3. The van der Waals surface area contributed by atoms with Crippen LogP contribution in [0, 0.1) is 17.8 Å². The van der Waals surface area contributed by atoms with E-state index in [0.29, 0.717) is 12.5 Å². The number of nitrogens with zero attached hydrogens (tertiary/aromatic N) is 4. The minimum Gasteiger partial charge on any atom is -0.356 e. The smallest absolute Gasteiger partial charge is 0.167 e. The van der Waals surface area contributed by atoms with Crippen molar-refractivity contribution in [2.24, 2.45) is 5.92 Å². The van der Waals surface area contributed by atoms with Crippen molar-refractivity contribution in [2.75, 3.05) is 20.1 Å². The molecule has 1 aliphatic rings. The number of benzene rings is 1. The zero-order valence-corrected chi connectivity index (χ0v) is 15.1.